The molecule has 116 valence electrons. The Labute approximate surface area is 123 Å². The van der Waals surface area contributed by atoms with Crippen LogP contribution in [0, 0.1) is 0 Å². The Balaban J connectivity index is 1.73. The second-order valence-corrected chi connectivity index (χ2v) is 5.78. The van der Waals surface area contributed by atoms with Gasteiger partial charge in [0.05, 0.1) is 7.11 Å². The zero-order valence-electron chi connectivity index (χ0n) is 12.2. The largest absolute Gasteiger partial charge is 0.497 e. The van der Waals surface area contributed by atoms with Gasteiger partial charge in [-0.2, -0.15) is 0 Å². The van der Waals surface area contributed by atoms with Crippen molar-refractivity contribution in [2.45, 2.75) is 50.3 Å². The predicted molar refractivity (Wildman–Crippen MR) is 72.7 cm³/mol. The second kappa shape index (κ2) is 5.23. The maximum atomic E-state index is 10.4. The number of fused-ring (bicyclic) bond motifs is 1. The van der Waals surface area contributed by atoms with Crippen LogP contribution in [0.3, 0.4) is 0 Å². The monoisotopic (exact) mass is 296 g/mol. The molecule has 0 aliphatic carbocycles. The number of hydrogen-bond donors (Lipinski definition) is 2. The van der Waals surface area contributed by atoms with Crippen molar-refractivity contribution in [1.82, 2.24) is 0 Å². The van der Waals surface area contributed by atoms with E-state index in [4.69, 9.17) is 18.9 Å². The fourth-order valence-corrected chi connectivity index (χ4v) is 2.77. The van der Waals surface area contributed by atoms with Crippen molar-refractivity contribution in [2.24, 2.45) is 0 Å². The quantitative estimate of drug-likeness (QED) is 0.865. The molecule has 2 N–H and O–H groups in total. The van der Waals surface area contributed by atoms with E-state index in [-0.39, 0.29) is 0 Å². The predicted octanol–water partition coefficient (Wildman–Crippen LogP) is 0.966. The van der Waals surface area contributed by atoms with Gasteiger partial charge in [0.15, 0.2) is 12.1 Å². The molecule has 1 aromatic carbocycles. The zero-order chi connectivity index (χ0) is 15.2. The van der Waals surface area contributed by atoms with Crippen molar-refractivity contribution < 1.29 is 29.2 Å². The molecular formula is C15H20O6. The summed E-state index contributed by atoms with van der Waals surface area (Å²) in [6.45, 7) is 3.52. The minimum Gasteiger partial charge on any atom is -0.497 e. The first kappa shape index (κ1) is 14.7. The van der Waals surface area contributed by atoms with Crippen molar-refractivity contribution in [1.29, 1.82) is 0 Å². The molecule has 2 heterocycles. The second-order valence-electron chi connectivity index (χ2n) is 5.78. The third-order valence-corrected chi connectivity index (χ3v) is 3.82. The zero-order valence-corrected chi connectivity index (χ0v) is 12.2. The normalized spacial score (nSPS) is 35.5. The van der Waals surface area contributed by atoms with Crippen LogP contribution in [0.5, 0.6) is 5.75 Å². The lowest BCUT2D eigenvalue weighted by Gasteiger charge is -2.26. The fourth-order valence-electron chi connectivity index (χ4n) is 2.77. The SMILES string of the molecule is COc1ccc([C@@H](O)[C@@H]2O[C@@H]3OC(C)(C)O[C@@H]3[C@H]2O)cc1. The summed E-state index contributed by atoms with van der Waals surface area (Å²) in [6.07, 6.45) is -3.95. The number of rotatable bonds is 3. The van der Waals surface area contributed by atoms with Crippen LogP contribution >= 0.6 is 0 Å². The molecule has 2 saturated heterocycles. The van der Waals surface area contributed by atoms with Crippen molar-refractivity contribution >= 4 is 0 Å². The Morgan fingerprint density at radius 1 is 1.19 bits per heavy atom. The van der Waals surface area contributed by atoms with Crippen LogP contribution in [-0.4, -0.2) is 47.7 Å². The number of aliphatic hydroxyl groups is 2. The van der Waals surface area contributed by atoms with Gasteiger partial charge < -0.3 is 29.2 Å². The molecule has 2 aliphatic rings. The molecule has 5 atom stereocenters. The van der Waals surface area contributed by atoms with Crippen LogP contribution in [0.15, 0.2) is 24.3 Å². The van der Waals surface area contributed by atoms with E-state index in [0.717, 1.165) is 0 Å². The first-order valence-corrected chi connectivity index (χ1v) is 6.92. The average Bonchev–Trinajstić information content (AvgIpc) is 2.92. The van der Waals surface area contributed by atoms with Gasteiger partial charge in [-0.3, -0.25) is 0 Å². The molecule has 21 heavy (non-hydrogen) atoms. The highest BCUT2D eigenvalue weighted by atomic mass is 16.8. The van der Waals surface area contributed by atoms with E-state index in [1.807, 2.05) is 0 Å². The third-order valence-electron chi connectivity index (χ3n) is 3.82. The molecule has 1 aromatic rings. The summed E-state index contributed by atoms with van der Waals surface area (Å²) in [5.74, 6) is -0.0871. The van der Waals surface area contributed by atoms with Gasteiger partial charge in [0.1, 0.15) is 30.2 Å². The highest BCUT2D eigenvalue weighted by Crippen LogP contribution is 2.40. The molecule has 2 fully saturated rings. The minimum atomic E-state index is -0.966. The van der Waals surface area contributed by atoms with Gasteiger partial charge in [-0.15, -0.1) is 0 Å². The maximum Gasteiger partial charge on any atom is 0.190 e. The van der Waals surface area contributed by atoms with Gasteiger partial charge in [0, 0.05) is 0 Å². The maximum absolute atomic E-state index is 10.4. The number of methoxy groups -OCH3 is 1. The Hall–Kier alpha value is -1.18. The number of aliphatic hydroxyl groups excluding tert-OH is 2. The van der Waals surface area contributed by atoms with E-state index in [9.17, 15) is 10.2 Å². The first-order chi connectivity index (χ1) is 9.91. The topological polar surface area (TPSA) is 77.4 Å². The molecule has 0 saturated carbocycles. The van der Waals surface area contributed by atoms with Crippen LogP contribution in [0.25, 0.3) is 0 Å². The molecule has 0 bridgehead atoms. The van der Waals surface area contributed by atoms with Gasteiger partial charge in [0.2, 0.25) is 0 Å². The number of hydrogen-bond acceptors (Lipinski definition) is 6. The molecule has 0 radical (unpaired) electrons. The lowest BCUT2D eigenvalue weighted by molar-refractivity contribution is -0.226. The highest BCUT2D eigenvalue weighted by molar-refractivity contribution is 5.29. The standard InChI is InChI=1S/C15H20O6/c1-15(2)20-13-11(17)12(19-14(13)21-15)10(16)8-4-6-9(18-3)7-5-8/h4-7,10-14,16-17H,1-3H3/t10-,11+,12+,13-,14-/m1/s1. The van der Waals surface area contributed by atoms with E-state index >= 15 is 0 Å². The molecule has 2 aliphatic heterocycles. The Morgan fingerprint density at radius 2 is 1.86 bits per heavy atom. The molecule has 0 unspecified atom stereocenters. The van der Waals surface area contributed by atoms with Crippen LogP contribution in [-0.2, 0) is 14.2 Å². The third kappa shape index (κ3) is 2.65. The smallest absolute Gasteiger partial charge is 0.190 e. The van der Waals surface area contributed by atoms with Crippen molar-refractivity contribution in [3.8, 4) is 5.75 Å². The molecule has 6 nitrogen and oxygen atoms in total. The van der Waals surface area contributed by atoms with Gasteiger partial charge in [0.25, 0.3) is 0 Å². The summed E-state index contributed by atoms with van der Waals surface area (Å²) < 4.78 is 21.9. The fraction of sp³-hybridized carbons (Fsp3) is 0.600. The molecule has 0 spiro atoms. The van der Waals surface area contributed by atoms with Gasteiger partial charge >= 0.3 is 0 Å². The minimum absolute atomic E-state index is 0.585. The van der Waals surface area contributed by atoms with Crippen molar-refractivity contribution in [2.75, 3.05) is 7.11 Å². The summed E-state index contributed by atoms with van der Waals surface area (Å²) in [7, 11) is 1.58. The van der Waals surface area contributed by atoms with Crippen LogP contribution < -0.4 is 4.74 Å². The number of ether oxygens (including phenoxy) is 4. The van der Waals surface area contributed by atoms with E-state index in [2.05, 4.69) is 0 Å². The number of benzene rings is 1. The van der Waals surface area contributed by atoms with E-state index in [1.165, 1.54) is 0 Å². The van der Waals surface area contributed by atoms with Crippen LogP contribution in [0.2, 0.25) is 0 Å². The molecule has 6 heteroatoms. The van der Waals surface area contributed by atoms with Crippen LogP contribution in [0.1, 0.15) is 25.5 Å². The van der Waals surface area contributed by atoms with Gasteiger partial charge in [-0.25, -0.2) is 0 Å². The van der Waals surface area contributed by atoms with E-state index < -0.39 is 36.5 Å². The van der Waals surface area contributed by atoms with Crippen LogP contribution in [0.4, 0.5) is 0 Å². The lowest BCUT2D eigenvalue weighted by atomic mass is 9.99. The lowest BCUT2D eigenvalue weighted by Crippen LogP contribution is -2.37. The summed E-state index contributed by atoms with van der Waals surface area (Å²) >= 11 is 0. The molecule has 0 aromatic heterocycles. The Kier molecular flexibility index (Phi) is 3.67. The average molecular weight is 296 g/mol. The molecule has 0 amide bonds. The summed E-state index contributed by atoms with van der Waals surface area (Å²) in [6, 6.07) is 6.96. The van der Waals surface area contributed by atoms with Crippen molar-refractivity contribution in [3.63, 3.8) is 0 Å². The summed E-state index contributed by atoms with van der Waals surface area (Å²) in [4.78, 5) is 0. The molecule has 3 rings (SSSR count). The van der Waals surface area contributed by atoms with Crippen molar-refractivity contribution in [3.05, 3.63) is 29.8 Å². The Morgan fingerprint density at radius 3 is 2.43 bits per heavy atom. The summed E-state index contributed by atoms with van der Waals surface area (Å²) in [5, 5.41) is 20.7. The van der Waals surface area contributed by atoms with Gasteiger partial charge in [-0.05, 0) is 31.5 Å². The summed E-state index contributed by atoms with van der Waals surface area (Å²) in [5.41, 5.74) is 0.638. The highest BCUT2D eigenvalue weighted by Gasteiger charge is 2.56. The molecular weight excluding hydrogens is 276 g/mol. The first-order valence-electron chi connectivity index (χ1n) is 6.92. The van der Waals surface area contributed by atoms with Gasteiger partial charge in [-0.1, -0.05) is 12.1 Å². The van der Waals surface area contributed by atoms with E-state index in [1.54, 1.807) is 45.2 Å². The Bertz CT molecular complexity index is 499. The van der Waals surface area contributed by atoms with E-state index in [0.29, 0.717) is 11.3 Å².